The molecule has 1 aromatic heterocycles. The van der Waals surface area contributed by atoms with E-state index in [1.165, 1.54) is 5.69 Å². The number of hydrogen-bond acceptors (Lipinski definition) is 2. The molecule has 1 unspecified atom stereocenters. The minimum Gasteiger partial charge on any atom is -0.396 e. The van der Waals surface area contributed by atoms with Gasteiger partial charge in [-0.1, -0.05) is 35.0 Å². The summed E-state index contributed by atoms with van der Waals surface area (Å²) in [6.45, 7) is 2.25. The average molecular weight is 323 g/mol. The average Bonchev–Trinajstić information content (AvgIpc) is 2.78. The molecule has 1 N–H and O–H groups in total. The number of nitrogens with zero attached hydrogens (tertiary/aromatic N) is 2. The van der Waals surface area contributed by atoms with E-state index in [0.29, 0.717) is 0 Å². The number of hydrogen-bond donors (Lipinski definition) is 1. The van der Waals surface area contributed by atoms with E-state index in [2.05, 4.69) is 46.2 Å². The van der Waals surface area contributed by atoms with Crippen LogP contribution in [-0.4, -0.2) is 21.5 Å². The van der Waals surface area contributed by atoms with E-state index in [0.717, 1.165) is 28.6 Å². The SMILES string of the molecule is CCc1cc(CC(CO)c2ccc(Br)cc2)n(C)n1. The quantitative estimate of drug-likeness (QED) is 0.918. The zero-order chi connectivity index (χ0) is 13.8. The van der Waals surface area contributed by atoms with Gasteiger partial charge in [-0.05, 0) is 36.6 Å². The Balaban J connectivity index is 2.18. The minimum absolute atomic E-state index is 0.119. The second kappa shape index (κ2) is 6.35. The monoisotopic (exact) mass is 322 g/mol. The molecule has 0 fully saturated rings. The van der Waals surface area contributed by atoms with Gasteiger partial charge in [0.05, 0.1) is 12.3 Å². The van der Waals surface area contributed by atoms with Gasteiger partial charge in [-0.25, -0.2) is 0 Å². The predicted octanol–water partition coefficient (Wildman–Crippen LogP) is 3.06. The Labute approximate surface area is 122 Å². The van der Waals surface area contributed by atoms with Crippen LogP contribution in [0.2, 0.25) is 0 Å². The summed E-state index contributed by atoms with van der Waals surface area (Å²) in [6.07, 6.45) is 1.75. The summed E-state index contributed by atoms with van der Waals surface area (Å²) < 4.78 is 2.97. The van der Waals surface area contributed by atoms with Crippen LogP contribution in [0.3, 0.4) is 0 Å². The van der Waals surface area contributed by atoms with Crippen molar-refractivity contribution >= 4 is 15.9 Å². The number of benzene rings is 1. The molecule has 4 heteroatoms. The predicted molar refractivity (Wildman–Crippen MR) is 80.3 cm³/mol. The van der Waals surface area contributed by atoms with E-state index in [4.69, 9.17) is 0 Å². The maximum absolute atomic E-state index is 9.62. The van der Waals surface area contributed by atoms with Crippen molar-refractivity contribution in [1.29, 1.82) is 0 Å². The Hall–Kier alpha value is -1.13. The molecular weight excluding hydrogens is 304 g/mol. The molecule has 1 heterocycles. The van der Waals surface area contributed by atoms with Gasteiger partial charge in [-0.3, -0.25) is 4.68 Å². The second-order valence-corrected chi connectivity index (χ2v) is 5.66. The van der Waals surface area contributed by atoms with Gasteiger partial charge in [0.2, 0.25) is 0 Å². The molecule has 1 aromatic carbocycles. The molecule has 102 valence electrons. The third kappa shape index (κ3) is 3.45. The van der Waals surface area contributed by atoms with Crippen molar-refractivity contribution in [2.24, 2.45) is 7.05 Å². The van der Waals surface area contributed by atoms with Crippen molar-refractivity contribution in [3.63, 3.8) is 0 Å². The van der Waals surface area contributed by atoms with Gasteiger partial charge in [-0.15, -0.1) is 0 Å². The molecule has 0 spiro atoms. The van der Waals surface area contributed by atoms with Crippen molar-refractivity contribution in [2.75, 3.05) is 6.61 Å². The summed E-state index contributed by atoms with van der Waals surface area (Å²) in [7, 11) is 1.96. The van der Waals surface area contributed by atoms with Crippen LogP contribution in [0.1, 0.15) is 29.8 Å². The first-order valence-electron chi connectivity index (χ1n) is 6.52. The van der Waals surface area contributed by atoms with Crippen LogP contribution in [0.25, 0.3) is 0 Å². The number of halogens is 1. The lowest BCUT2D eigenvalue weighted by molar-refractivity contribution is 0.263. The maximum Gasteiger partial charge on any atom is 0.0624 e. The van der Waals surface area contributed by atoms with Gasteiger partial charge in [0, 0.05) is 23.1 Å². The Morgan fingerprint density at radius 1 is 1.32 bits per heavy atom. The highest BCUT2D eigenvalue weighted by atomic mass is 79.9. The Kier molecular flexibility index (Phi) is 4.77. The highest BCUT2D eigenvalue weighted by Crippen LogP contribution is 2.22. The fourth-order valence-corrected chi connectivity index (χ4v) is 2.47. The highest BCUT2D eigenvalue weighted by molar-refractivity contribution is 9.10. The molecule has 0 bridgehead atoms. The number of rotatable bonds is 5. The summed E-state index contributed by atoms with van der Waals surface area (Å²) >= 11 is 3.43. The van der Waals surface area contributed by atoms with Crippen molar-refractivity contribution in [3.8, 4) is 0 Å². The number of aryl methyl sites for hydroxylation is 2. The molecule has 0 amide bonds. The number of aromatic nitrogens is 2. The van der Waals surface area contributed by atoms with Gasteiger partial charge in [0.15, 0.2) is 0 Å². The lowest BCUT2D eigenvalue weighted by Crippen LogP contribution is -2.10. The number of aliphatic hydroxyl groups is 1. The Morgan fingerprint density at radius 3 is 2.53 bits per heavy atom. The third-order valence-electron chi connectivity index (χ3n) is 3.41. The molecule has 2 aromatic rings. The number of aliphatic hydroxyl groups excluding tert-OH is 1. The smallest absolute Gasteiger partial charge is 0.0624 e. The van der Waals surface area contributed by atoms with E-state index in [-0.39, 0.29) is 12.5 Å². The summed E-state index contributed by atoms with van der Waals surface area (Å²) in [5.74, 6) is 0.119. The first-order chi connectivity index (χ1) is 9.13. The van der Waals surface area contributed by atoms with Crippen molar-refractivity contribution < 1.29 is 5.11 Å². The summed E-state index contributed by atoms with van der Waals surface area (Å²) in [4.78, 5) is 0. The summed E-state index contributed by atoms with van der Waals surface area (Å²) in [5, 5.41) is 14.1. The molecule has 0 saturated heterocycles. The molecule has 0 radical (unpaired) electrons. The van der Waals surface area contributed by atoms with E-state index in [9.17, 15) is 5.11 Å². The second-order valence-electron chi connectivity index (χ2n) is 4.74. The van der Waals surface area contributed by atoms with Gasteiger partial charge in [-0.2, -0.15) is 5.10 Å². The van der Waals surface area contributed by atoms with Crippen molar-refractivity contribution in [1.82, 2.24) is 9.78 Å². The zero-order valence-corrected chi connectivity index (χ0v) is 12.9. The Morgan fingerprint density at radius 2 is 2.00 bits per heavy atom. The fraction of sp³-hybridized carbons (Fsp3) is 0.400. The molecule has 3 nitrogen and oxygen atoms in total. The Bertz CT molecular complexity index is 534. The molecule has 1 atom stereocenters. The van der Waals surface area contributed by atoms with Crippen LogP contribution < -0.4 is 0 Å². The largest absolute Gasteiger partial charge is 0.396 e. The molecule has 0 aliphatic rings. The molecule has 0 saturated carbocycles. The molecule has 19 heavy (non-hydrogen) atoms. The third-order valence-corrected chi connectivity index (χ3v) is 3.94. The first-order valence-corrected chi connectivity index (χ1v) is 7.31. The summed E-state index contributed by atoms with van der Waals surface area (Å²) in [6, 6.07) is 10.3. The van der Waals surface area contributed by atoms with Gasteiger partial charge < -0.3 is 5.11 Å². The standard InChI is InChI=1S/C15H19BrN2O/c1-3-14-9-15(18(2)17-14)8-12(10-19)11-4-6-13(16)7-5-11/h4-7,9,12,19H,3,8,10H2,1-2H3. The summed E-state index contributed by atoms with van der Waals surface area (Å²) in [5.41, 5.74) is 3.42. The van der Waals surface area contributed by atoms with E-state index < -0.39 is 0 Å². The van der Waals surface area contributed by atoms with E-state index in [1.54, 1.807) is 0 Å². The van der Waals surface area contributed by atoms with Crippen LogP contribution in [-0.2, 0) is 19.9 Å². The van der Waals surface area contributed by atoms with Crippen LogP contribution in [0.15, 0.2) is 34.8 Å². The molecule has 2 rings (SSSR count). The van der Waals surface area contributed by atoms with E-state index in [1.807, 2.05) is 23.9 Å². The maximum atomic E-state index is 9.62. The normalized spacial score (nSPS) is 12.6. The molecule has 0 aliphatic carbocycles. The topological polar surface area (TPSA) is 38.0 Å². The lowest BCUT2D eigenvalue weighted by Gasteiger charge is -2.14. The van der Waals surface area contributed by atoms with E-state index >= 15 is 0 Å². The lowest BCUT2D eigenvalue weighted by atomic mass is 9.95. The minimum atomic E-state index is 0.119. The zero-order valence-electron chi connectivity index (χ0n) is 11.3. The molecular formula is C15H19BrN2O. The van der Waals surface area contributed by atoms with Gasteiger partial charge in [0.1, 0.15) is 0 Å². The van der Waals surface area contributed by atoms with Crippen molar-refractivity contribution in [3.05, 3.63) is 51.8 Å². The fourth-order valence-electron chi connectivity index (χ4n) is 2.21. The van der Waals surface area contributed by atoms with Gasteiger partial charge in [0.25, 0.3) is 0 Å². The highest BCUT2D eigenvalue weighted by Gasteiger charge is 2.14. The first kappa shape index (κ1) is 14.3. The van der Waals surface area contributed by atoms with Crippen LogP contribution in [0.4, 0.5) is 0 Å². The van der Waals surface area contributed by atoms with Gasteiger partial charge >= 0.3 is 0 Å². The van der Waals surface area contributed by atoms with Crippen LogP contribution in [0, 0.1) is 0 Å². The molecule has 0 aliphatic heterocycles. The van der Waals surface area contributed by atoms with Crippen LogP contribution >= 0.6 is 15.9 Å². The van der Waals surface area contributed by atoms with Crippen molar-refractivity contribution in [2.45, 2.75) is 25.7 Å². The van der Waals surface area contributed by atoms with Crippen LogP contribution in [0.5, 0.6) is 0 Å².